The van der Waals surface area contributed by atoms with Gasteiger partial charge in [0.25, 0.3) is 5.91 Å². The van der Waals surface area contributed by atoms with Gasteiger partial charge >= 0.3 is 5.97 Å². The maximum absolute atomic E-state index is 12.5. The van der Waals surface area contributed by atoms with Crippen LogP contribution in [-0.4, -0.2) is 37.8 Å². The predicted octanol–water partition coefficient (Wildman–Crippen LogP) is 2.97. The van der Waals surface area contributed by atoms with E-state index < -0.39 is 21.7 Å². The molecule has 0 saturated heterocycles. The lowest BCUT2D eigenvalue weighted by Gasteiger charge is -2.15. The Hall–Kier alpha value is -2.87. The van der Waals surface area contributed by atoms with Gasteiger partial charge in [-0.2, -0.15) is 0 Å². The van der Waals surface area contributed by atoms with Gasteiger partial charge in [-0.05, 0) is 49.7 Å². The molecule has 0 aliphatic carbocycles. The van der Waals surface area contributed by atoms with E-state index in [0.717, 1.165) is 6.26 Å². The fraction of sp³-hybridized carbons (Fsp3) is 0.263. The summed E-state index contributed by atoms with van der Waals surface area (Å²) in [7, 11) is -3.16. The van der Waals surface area contributed by atoms with Crippen LogP contribution in [0, 0.1) is 0 Å². The van der Waals surface area contributed by atoms with E-state index in [4.69, 9.17) is 9.84 Å². The van der Waals surface area contributed by atoms with E-state index in [1.54, 1.807) is 12.1 Å². The molecule has 0 aliphatic heterocycles. The van der Waals surface area contributed by atoms with Gasteiger partial charge in [-0.1, -0.05) is 12.1 Å². The van der Waals surface area contributed by atoms with Gasteiger partial charge in [0.2, 0.25) is 0 Å². The highest BCUT2D eigenvalue weighted by atomic mass is 32.2. The molecule has 0 fully saturated rings. The summed E-state index contributed by atoms with van der Waals surface area (Å²) in [6.45, 7) is 3.63. The molecule has 144 valence electrons. The molecule has 0 spiro atoms. The van der Waals surface area contributed by atoms with Crippen molar-refractivity contribution in [2.75, 3.05) is 11.6 Å². The normalized spacial score (nSPS) is 11.3. The number of carbonyl (C=O) groups excluding carboxylic acids is 1. The number of carboxylic acids is 1. The molecule has 2 N–H and O–H groups in total. The molecule has 0 bridgehead atoms. The van der Waals surface area contributed by atoms with E-state index in [2.05, 4.69) is 5.32 Å². The lowest BCUT2D eigenvalue weighted by atomic mass is 10.1. The third-order valence-corrected chi connectivity index (χ3v) is 4.34. The SMILES string of the molecule is CC(C)Oc1ccc(C(=O)O)cc1NC(=O)c1ccc(CS(C)(=O)=O)cc1. The first-order valence-electron chi connectivity index (χ1n) is 8.17. The van der Waals surface area contributed by atoms with E-state index in [-0.39, 0.29) is 23.1 Å². The van der Waals surface area contributed by atoms with Crippen LogP contribution in [0.5, 0.6) is 5.75 Å². The molecule has 7 nitrogen and oxygen atoms in total. The summed E-state index contributed by atoms with van der Waals surface area (Å²) in [5, 5.41) is 11.8. The maximum Gasteiger partial charge on any atom is 0.335 e. The number of carbonyl (C=O) groups is 2. The smallest absolute Gasteiger partial charge is 0.335 e. The number of nitrogens with one attached hydrogen (secondary N) is 1. The Morgan fingerprint density at radius 1 is 1.07 bits per heavy atom. The van der Waals surface area contributed by atoms with Crippen molar-refractivity contribution in [3.63, 3.8) is 0 Å². The number of sulfone groups is 1. The third kappa shape index (κ3) is 6.10. The van der Waals surface area contributed by atoms with Gasteiger partial charge in [0.15, 0.2) is 9.84 Å². The number of anilines is 1. The Labute approximate surface area is 157 Å². The van der Waals surface area contributed by atoms with Gasteiger partial charge in [-0.25, -0.2) is 13.2 Å². The Balaban J connectivity index is 2.25. The molecule has 0 aromatic heterocycles. The molecular weight excluding hydrogens is 370 g/mol. The lowest BCUT2D eigenvalue weighted by Crippen LogP contribution is -2.15. The van der Waals surface area contributed by atoms with Crippen LogP contribution in [0.2, 0.25) is 0 Å². The highest BCUT2D eigenvalue weighted by molar-refractivity contribution is 7.89. The van der Waals surface area contributed by atoms with Crippen LogP contribution in [-0.2, 0) is 15.6 Å². The second kappa shape index (κ2) is 8.22. The van der Waals surface area contributed by atoms with Crippen LogP contribution < -0.4 is 10.1 Å². The van der Waals surface area contributed by atoms with Crippen molar-refractivity contribution in [2.24, 2.45) is 0 Å². The van der Waals surface area contributed by atoms with Gasteiger partial charge < -0.3 is 15.2 Å². The number of rotatable bonds is 7. The molecule has 8 heteroatoms. The molecule has 0 unspecified atom stereocenters. The number of carboxylic acid groups (broad SMARTS) is 1. The minimum atomic E-state index is -3.16. The van der Waals surface area contributed by atoms with E-state index in [9.17, 15) is 18.0 Å². The number of aromatic carboxylic acids is 1. The van der Waals surface area contributed by atoms with Crippen LogP contribution in [0.4, 0.5) is 5.69 Å². The summed E-state index contributed by atoms with van der Waals surface area (Å²) < 4.78 is 28.3. The zero-order chi connectivity index (χ0) is 20.2. The third-order valence-electron chi connectivity index (χ3n) is 3.48. The van der Waals surface area contributed by atoms with E-state index >= 15 is 0 Å². The van der Waals surface area contributed by atoms with Crippen molar-refractivity contribution in [1.82, 2.24) is 0 Å². The predicted molar refractivity (Wildman–Crippen MR) is 102 cm³/mol. The van der Waals surface area contributed by atoms with Crippen molar-refractivity contribution < 1.29 is 27.9 Å². The first-order chi connectivity index (χ1) is 12.5. The number of hydrogen-bond donors (Lipinski definition) is 2. The summed E-state index contributed by atoms with van der Waals surface area (Å²) in [5.41, 5.74) is 1.15. The number of hydrogen-bond acceptors (Lipinski definition) is 5. The van der Waals surface area contributed by atoms with E-state index in [1.807, 2.05) is 13.8 Å². The largest absolute Gasteiger partial charge is 0.489 e. The van der Waals surface area contributed by atoms with Gasteiger partial charge in [0.1, 0.15) is 5.75 Å². The number of benzene rings is 2. The monoisotopic (exact) mass is 391 g/mol. The number of ether oxygens (including phenoxy) is 1. The fourth-order valence-corrected chi connectivity index (χ4v) is 3.16. The second-order valence-corrected chi connectivity index (χ2v) is 8.54. The second-order valence-electron chi connectivity index (χ2n) is 6.40. The lowest BCUT2D eigenvalue weighted by molar-refractivity contribution is 0.0696. The van der Waals surface area contributed by atoms with Crippen LogP contribution in [0.1, 0.15) is 40.1 Å². The van der Waals surface area contributed by atoms with Crippen molar-refractivity contribution in [3.05, 3.63) is 59.2 Å². The first kappa shape index (κ1) is 20.4. The Morgan fingerprint density at radius 2 is 1.67 bits per heavy atom. The van der Waals surface area contributed by atoms with E-state index in [1.165, 1.54) is 30.3 Å². The van der Waals surface area contributed by atoms with Crippen molar-refractivity contribution in [1.29, 1.82) is 0 Å². The maximum atomic E-state index is 12.5. The molecule has 0 heterocycles. The molecular formula is C19H21NO6S. The van der Waals surface area contributed by atoms with Gasteiger partial charge in [0, 0.05) is 11.8 Å². The standard InChI is InChI=1S/C19H21NO6S/c1-12(2)26-17-9-8-15(19(22)23)10-16(17)20-18(21)14-6-4-13(5-7-14)11-27(3,24)25/h4-10,12H,11H2,1-3H3,(H,20,21)(H,22,23). The highest BCUT2D eigenvalue weighted by Gasteiger charge is 2.15. The quantitative estimate of drug-likeness (QED) is 0.751. The zero-order valence-corrected chi connectivity index (χ0v) is 16.0. The average Bonchev–Trinajstić information content (AvgIpc) is 2.55. The topological polar surface area (TPSA) is 110 Å². The summed E-state index contributed by atoms with van der Waals surface area (Å²) in [6, 6.07) is 10.4. The highest BCUT2D eigenvalue weighted by Crippen LogP contribution is 2.27. The molecule has 2 rings (SSSR count). The minimum Gasteiger partial charge on any atom is -0.489 e. The van der Waals surface area contributed by atoms with Gasteiger partial charge in [0.05, 0.1) is 23.1 Å². The van der Waals surface area contributed by atoms with Crippen molar-refractivity contribution in [3.8, 4) is 5.75 Å². The molecule has 0 saturated carbocycles. The van der Waals surface area contributed by atoms with Crippen molar-refractivity contribution in [2.45, 2.75) is 25.7 Å². The first-order valence-corrected chi connectivity index (χ1v) is 10.2. The molecule has 0 aliphatic rings. The van der Waals surface area contributed by atoms with Gasteiger partial charge in [-0.15, -0.1) is 0 Å². The number of amides is 1. The summed E-state index contributed by atoms with van der Waals surface area (Å²) in [6.07, 6.45) is 0.978. The van der Waals surface area contributed by atoms with Crippen LogP contribution >= 0.6 is 0 Å². The minimum absolute atomic E-state index is 0.0184. The van der Waals surface area contributed by atoms with Crippen molar-refractivity contribution >= 4 is 27.4 Å². The average molecular weight is 391 g/mol. The summed E-state index contributed by atoms with van der Waals surface area (Å²) in [4.78, 5) is 23.7. The Morgan fingerprint density at radius 3 is 2.19 bits per heavy atom. The van der Waals surface area contributed by atoms with Crippen LogP contribution in [0.25, 0.3) is 0 Å². The molecule has 0 atom stereocenters. The summed E-state index contributed by atoms with van der Waals surface area (Å²) in [5.74, 6) is -1.33. The Bertz CT molecular complexity index is 949. The van der Waals surface area contributed by atoms with Crippen LogP contribution in [0.15, 0.2) is 42.5 Å². The molecule has 2 aromatic carbocycles. The fourth-order valence-electron chi connectivity index (χ4n) is 2.37. The summed E-state index contributed by atoms with van der Waals surface area (Å²) >= 11 is 0. The molecule has 1 amide bonds. The molecule has 2 aromatic rings. The zero-order valence-electron chi connectivity index (χ0n) is 15.2. The Kier molecular flexibility index (Phi) is 6.22. The van der Waals surface area contributed by atoms with Gasteiger partial charge in [-0.3, -0.25) is 4.79 Å². The molecule has 27 heavy (non-hydrogen) atoms. The van der Waals surface area contributed by atoms with Crippen LogP contribution in [0.3, 0.4) is 0 Å². The van der Waals surface area contributed by atoms with E-state index in [0.29, 0.717) is 16.9 Å². The molecule has 0 radical (unpaired) electrons.